The van der Waals surface area contributed by atoms with E-state index in [-0.39, 0.29) is 5.82 Å². The van der Waals surface area contributed by atoms with Crippen molar-refractivity contribution >= 4 is 15.9 Å². The maximum atomic E-state index is 13.0. The Morgan fingerprint density at radius 3 is 2.42 bits per heavy atom. The molecule has 26 heavy (non-hydrogen) atoms. The third-order valence-corrected chi connectivity index (χ3v) is 4.57. The molecule has 0 aliphatic carbocycles. The predicted molar refractivity (Wildman–Crippen MR) is 107 cm³/mol. The lowest BCUT2D eigenvalue weighted by Crippen LogP contribution is -2.17. The van der Waals surface area contributed by atoms with Crippen LogP contribution in [0.15, 0.2) is 77.3 Å². The van der Waals surface area contributed by atoms with Gasteiger partial charge in [-0.25, -0.2) is 4.39 Å². The lowest BCUT2D eigenvalue weighted by Gasteiger charge is -2.13. The first-order chi connectivity index (χ1) is 12.7. The second-order valence-electron chi connectivity index (χ2n) is 6.08. The van der Waals surface area contributed by atoms with Crippen LogP contribution in [0.3, 0.4) is 0 Å². The summed E-state index contributed by atoms with van der Waals surface area (Å²) in [5.74, 6) is 0.602. The van der Waals surface area contributed by atoms with Crippen LogP contribution in [0.1, 0.15) is 16.7 Å². The first-order valence-corrected chi connectivity index (χ1v) is 9.40. The average Bonchev–Trinajstić information content (AvgIpc) is 2.67. The van der Waals surface area contributed by atoms with Crippen LogP contribution in [0, 0.1) is 5.82 Å². The second-order valence-corrected chi connectivity index (χ2v) is 7.00. The molecule has 0 atom stereocenters. The monoisotopic (exact) mass is 413 g/mol. The molecule has 0 radical (unpaired) electrons. The van der Waals surface area contributed by atoms with Crippen molar-refractivity contribution in [1.29, 1.82) is 0 Å². The molecule has 3 aromatic carbocycles. The first kappa shape index (κ1) is 18.6. The van der Waals surface area contributed by atoms with Crippen LogP contribution in [0.4, 0.5) is 4.39 Å². The molecule has 0 aliphatic heterocycles. The maximum Gasteiger partial charge on any atom is 0.124 e. The molecule has 0 aromatic heterocycles. The Morgan fingerprint density at radius 2 is 1.65 bits per heavy atom. The van der Waals surface area contributed by atoms with Crippen LogP contribution in [-0.2, 0) is 19.6 Å². The summed E-state index contributed by atoms with van der Waals surface area (Å²) in [5.41, 5.74) is 3.36. The summed E-state index contributed by atoms with van der Waals surface area (Å²) >= 11 is 3.52. The fourth-order valence-corrected chi connectivity index (χ4v) is 3.08. The normalized spacial score (nSPS) is 10.7. The molecule has 4 heteroatoms. The van der Waals surface area contributed by atoms with Crippen molar-refractivity contribution in [2.45, 2.75) is 19.6 Å². The topological polar surface area (TPSA) is 21.3 Å². The van der Waals surface area contributed by atoms with E-state index in [0.717, 1.165) is 40.9 Å². The Morgan fingerprint density at radius 1 is 0.885 bits per heavy atom. The standard InChI is InChI=1S/C22H21BrFNO/c23-20-8-11-22(26-16-18-6-9-21(24)10-7-18)19(14-20)15-25-13-12-17-4-2-1-3-5-17/h1-11,14,25H,12-13,15-16H2. The molecule has 134 valence electrons. The Labute approximate surface area is 162 Å². The number of rotatable bonds is 8. The molecule has 0 spiro atoms. The van der Waals surface area contributed by atoms with Gasteiger partial charge >= 0.3 is 0 Å². The van der Waals surface area contributed by atoms with Crippen molar-refractivity contribution < 1.29 is 9.13 Å². The highest BCUT2D eigenvalue weighted by molar-refractivity contribution is 9.10. The van der Waals surface area contributed by atoms with Gasteiger partial charge in [-0.1, -0.05) is 58.4 Å². The van der Waals surface area contributed by atoms with E-state index in [1.165, 1.54) is 17.7 Å². The van der Waals surface area contributed by atoms with Gasteiger partial charge < -0.3 is 10.1 Å². The molecule has 0 heterocycles. The van der Waals surface area contributed by atoms with Gasteiger partial charge in [0.25, 0.3) is 0 Å². The van der Waals surface area contributed by atoms with E-state index in [1.54, 1.807) is 12.1 Å². The van der Waals surface area contributed by atoms with Crippen LogP contribution >= 0.6 is 15.9 Å². The molecule has 0 unspecified atom stereocenters. The largest absolute Gasteiger partial charge is 0.489 e. The highest BCUT2D eigenvalue weighted by Gasteiger charge is 2.06. The maximum absolute atomic E-state index is 13.0. The van der Waals surface area contributed by atoms with Gasteiger partial charge in [-0.3, -0.25) is 0 Å². The number of hydrogen-bond acceptors (Lipinski definition) is 2. The quantitative estimate of drug-likeness (QED) is 0.492. The summed E-state index contributed by atoms with van der Waals surface area (Å²) in [7, 11) is 0. The second kappa shape index (κ2) is 9.51. The van der Waals surface area contributed by atoms with E-state index in [4.69, 9.17) is 4.74 Å². The minimum absolute atomic E-state index is 0.235. The molecule has 3 aromatic rings. The Bertz CT molecular complexity index is 821. The van der Waals surface area contributed by atoms with Crippen molar-refractivity contribution in [3.05, 3.63) is 99.8 Å². The summed E-state index contributed by atoms with van der Waals surface area (Å²) < 4.78 is 20.0. The van der Waals surface area contributed by atoms with Gasteiger partial charge in [-0.05, 0) is 54.4 Å². The molecule has 2 nitrogen and oxygen atoms in total. The highest BCUT2D eigenvalue weighted by Crippen LogP contribution is 2.24. The fourth-order valence-electron chi connectivity index (χ4n) is 2.67. The van der Waals surface area contributed by atoms with Crippen LogP contribution in [0.5, 0.6) is 5.75 Å². The zero-order valence-electron chi connectivity index (χ0n) is 14.4. The molecule has 1 N–H and O–H groups in total. The lowest BCUT2D eigenvalue weighted by atomic mass is 10.1. The van der Waals surface area contributed by atoms with E-state index >= 15 is 0 Å². The summed E-state index contributed by atoms with van der Waals surface area (Å²) in [4.78, 5) is 0. The molecule has 0 bridgehead atoms. The van der Waals surface area contributed by atoms with Gasteiger partial charge in [0.05, 0.1) is 0 Å². The summed E-state index contributed by atoms with van der Waals surface area (Å²) in [6.45, 7) is 2.04. The van der Waals surface area contributed by atoms with Crippen LogP contribution in [0.25, 0.3) is 0 Å². The molecule has 0 aliphatic rings. The number of nitrogens with one attached hydrogen (secondary N) is 1. The molecule has 0 saturated heterocycles. The smallest absolute Gasteiger partial charge is 0.124 e. The molecule has 0 amide bonds. The van der Waals surface area contributed by atoms with Gasteiger partial charge in [0.1, 0.15) is 18.2 Å². The third-order valence-electron chi connectivity index (χ3n) is 4.08. The van der Waals surface area contributed by atoms with Crippen molar-refractivity contribution in [1.82, 2.24) is 5.32 Å². The Balaban J connectivity index is 1.56. The van der Waals surface area contributed by atoms with E-state index in [1.807, 2.05) is 18.2 Å². The number of benzene rings is 3. The molecular weight excluding hydrogens is 393 g/mol. The van der Waals surface area contributed by atoms with E-state index in [9.17, 15) is 4.39 Å². The van der Waals surface area contributed by atoms with Crippen molar-refractivity contribution in [3.63, 3.8) is 0 Å². The summed E-state index contributed by atoms with van der Waals surface area (Å²) in [6.07, 6.45) is 0.987. The zero-order chi connectivity index (χ0) is 18.2. The highest BCUT2D eigenvalue weighted by atomic mass is 79.9. The van der Waals surface area contributed by atoms with Crippen molar-refractivity contribution in [2.24, 2.45) is 0 Å². The minimum atomic E-state index is -0.235. The Hall–Kier alpha value is -2.17. The van der Waals surface area contributed by atoms with E-state index in [0.29, 0.717) is 6.61 Å². The van der Waals surface area contributed by atoms with Gasteiger partial charge in [-0.2, -0.15) is 0 Å². The van der Waals surface area contributed by atoms with E-state index < -0.39 is 0 Å². The minimum Gasteiger partial charge on any atom is -0.489 e. The van der Waals surface area contributed by atoms with Crippen LogP contribution in [-0.4, -0.2) is 6.54 Å². The van der Waals surface area contributed by atoms with Gasteiger partial charge in [0.2, 0.25) is 0 Å². The van der Waals surface area contributed by atoms with Crippen molar-refractivity contribution in [3.8, 4) is 5.75 Å². The summed E-state index contributed by atoms with van der Waals surface area (Å²) in [5, 5.41) is 3.47. The van der Waals surface area contributed by atoms with E-state index in [2.05, 4.69) is 51.6 Å². The molecule has 0 fully saturated rings. The Kier molecular flexibility index (Phi) is 6.81. The number of ether oxygens (including phenoxy) is 1. The SMILES string of the molecule is Fc1ccc(COc2ccc(Br)cc2CNCCc2ccccc2)cc1. The van der Waals surface area contributed by atoms with Gasteiger partial charge in [0.15, 0.2) is 0 Å². The molecular formula is C22H21BrFNO. The van der Waals surface area contributed by atoms with Crippen LogP contribution in [0.2, 0.25) is 0 Å². The van der Waals surface area contributed by atoms with Gasteiger partial charge in [-0.15, -0.1) is 0 Å². The number of halogens is 2. The molecule has 3 rings (SSSR count). The summed E-state index contributed by atoms with van der Waals surface area (Å²) in [6, 6.07) is 22.8. The fraction of sp³-hybridized carbons (Fsp3) is 0.182. The zero-order valence-corrected chi connectivity index (χ0v) is 16.0. The molecule has 0 saturated carbocycles. The van der Waals surface area contributed by atoms with Gasteiger partial charge in [0, 0.05) is 16.6 Å². The predicted octanol–water partition coefficient (Wildman–Crippen LogP) is 5.50. The number of hydrogen-bond donors (Lipinski definition) is 1. The third kappa shape index (κ3) is 5.68. The lowest BCUT2D eigenvalue weighted by molar-refractivity contribution is 0.302. The van der Waals surface area contributed by atoms with Crippen LogP contribution < -0.4 is 10.1 Å². The average molecular weight is 414 g/mol. The van der Waals surface area contributed by atoms with Crippen molar-refractivity contribution in [2.75, 3.05) is 6.54 Å². The first-order valence-electron chi connectivity index (χ1n) is 8.61.